The topological polar surface area (TPSA) is 58.2 Å². The molecule has 4 nitrogen and oxygen atoms in total. The quantitative estimate of drug-likeness (QED) is 0.484. The number of aryl methyl sites for hydroxylation is 3. The van der Waals surface area contributed by atoms with Crippen LogP contribution in [0, 0.1) is 20.8 Å². The molecule has 154 valence electrons. The molecule has 0 heterocycles. The first-order chi connectivity index (χ1) is 14.3. The van der Waals surface area contributed by atoms with Gasteiger partial charge in [0, 0.05) is 21.8 Å². The molecule has 0 aliphatic carbocycles. The average molecular weight is 419 g/mol. The fourth-order valence-corrected chi connectivity index (χ4v) is 3.96. The largest absolute Gasteiger partial charge is 0.325 e. The number of carbonyl (C=O) groups is 2. The van der Waals surface area contributed by atoms with Crippen molar-refractivity contribution in [3.8, 4) is 0 Å². The van der Waals surface area contributed by atoms with Crippen LogP contribution in [0.1, 0.15) is 34.0 Å². The Kier molecular flexibility index (Phi) is 6.95. The summed E-state index contributed by atoms with van der Waals surface area (Å²) in [5, 5.41) is 5.67. The lowest BCUT2D eigenvalue weighted by atomic mass is 10.1. The molecule has 1 unspecified atom stereocenters. The minimum absolute atomic E-state index is 0.0381. The number of benzene rings is 3. The minimum Gasteiger partial charge on any atom is -0.325 e. The van der Waals surface area contributed by atoms with Crippen LogP contribution in [0.25, 0.3) is 0 Å². The zero-order valence-corrected chi connectivity index (χ0v) is 18.5. The lowest BCUT2D eigenvalue weighted by Gasteiger charge is -2.14. The Hall–Kier alpha value is -3.05. The zero-order chi connectivity index (χ0) is 21.7. The molecule has 30 heavy (non-hydrogen) atoms. The summed E-state index contributed by atoms with van der Waals surface area (Å²) in [6.07, 6.45) is 0. The van der Waals surface area contributed by atoms with Gasteiger partial charge in [-0.1, -0.05) is 35.9 Å². The smallest absolute Gasteiger partial charge is 0.255 e. The summed E-state index contributed by atoms with van der Waals surface area (Å²) in [6, 6.07) is 21.0. The van der Waals surface area contributed by atoms with Gasteiger partial charge in [0.15, 0.2) is 0 Å². The Morgan fingerprint density at radius 1 is 0.833 bits per heavy atom. The fourth-order valence-electron chi connectivity index (χ4n) is 3.09. The molecule has 1 atom stereocenters. The normalized spacial score (nSPS) is 11.6. The first-order valence-electron chi connectivity index (χ1n) is 9.85. The van der Waals surface area contributed by atoms with Gasteiger partial charge in [0.2, 0.25) is 5.91 Å². The van der Waals surface area contributed by atoms with Gasteiger partial charge in [0.1, 0.15) is 0 Å². The van der Waals surface area contributed by atoms with E-state index in [4.69, 9.17) is 0 Å². The molecular formula is C25H26N2O2S. The number of nitrogens with one attached hydrogen (secondary N) is 2. The van der Waals surface area contributed by atoms with E-state index in [0.717, 1.165) is 27.4 Å². The number of amides is 2. The molecule has 2 amide bonds. The van der Waals surface area contributed by atoms with Gasteiger partial charge in [0.25, 0.3) is 5.91 Å². The van der Waals surface area contributed by atoms with Gasteiger partial charge in [0.05, 0.1) is 5.25 Å². The number of rotatable bonds is 6. The first kappa shape index (κ1) is 21.7. The second kappa shape index (κ2) is 9.63. The summed E-state index contributed by atoms with van der Waals surface area (Å²) in [5.74, 6) is -0.168. The van der Waals surface area contributed by atoms with Crippen LogP contribution < -0.4 is 10.6 Å². The summed E-state index contributed by atoms with van der Waals surface area (Å²) >= 11 is 1.48. The van der Waals surface area contributed by atoms with Crippen LogP contribution in [0.4, 0.5) is 11.4 Å². The van der Waals surface area contributed by atoms with E-state index >= 15 is 0 Å². The number of hydrogen-bond donors (Lipinski definition) is 2. The number of thioether (sulfide) groups is 1. The van der Waals surface area contributed by atoms with Crippen LogP contribution in [0.3, 0.4) is 0 Å². The Balaban J connectivity index is 1.58. The Morgan fingerprint density at radius 2 is 1.53 bits per heavy atom. The van der Waals surface area contributed by atoms with Crippen molar-refractivity contribution in [1.29, 1.82) is 0 Å². The maximum atomic E-state index is 12.6. The van der Waals surface area contributed by atoms with Crippen LogP contribution in [0.5, 0.6) is 0 Å². The predicted octanol–water partition coefficient (Wildman–Crippen LogP) is 5.98. The lowest BCUT2D eigenvalue weighted by molar-refractivity contribution is -0.115. The molecule has 0 saturated carbocycles. The highest BCUT2D eigenvalue weighted by molar-refractivity contribution is 8.00. The van der Waals surface area contributed by atoms with E-state index in [0.29, 0.717) is 5.56 Å². The molecule has 0 aromatic heterocycles. The second-order valence-electron chi connectivity index (χ2n) is 7.36. The highest BCUT2D eigenvalue weighted by Crippen LogP contribution is 2.26. The number of hydrogen-bond acceptors (Lipinski definition) is 3. The monoisotopic (exact) mass is 418 g/mol. The zero-order valence-electron chi connectivity index (χ0n) is 17.7. The van der Waals surface area contributed by atoms with Crippen molar-refractivity contribution in [3.05, 3.63) is 89.0 Å². The molecule has 0 aliphatic rings. The number of carbonyl (C=O) groups excluding carboxylic acids is 2. The molecule has 3 aromatic rings. The van der Waals surface area contributed by atoms with Crippen molar-refractivity contribution >= 4 is 35.0 Å². The van der Waals surface area contributed by atoms with Crippen molar-refractivity contribution in [2.24, 2.45) is 0 Å². The molecule has 0 bridgehead atoms. The third kappa shape index (κ3) is 5.51. The Bertz CT molecular complexity index is 1060. The van der Waals surface area contributed by atoms with Crippen LogP contribution >= 0.6 is 11.8 Å². The average Bonchev–Trinajstić information content (AvgIpc) is 2.71. The standard InChI is InChI=1S/C25H26N2O2S/c1-16-9-14-23(18(3)15-16)27-24(28)19(4)30-21-12-10-20(11-13-21)26-25(29)22-8-6-5-7-17(22)2/h5-15,19H,1-4H3,(H,26,29)(H,27,28). The van der Waals surface area contributed by atoms with E-state index in [2.05, 4.69) is 16.7 Å². The molecule has 0 radical (unpaired) electrons. The first-order valence-corrected chi connectivity index (χ1v) is 10.7. The lowest BCUT2D eigenvalue weighted by Crippen LogP contribution is -2.22. The SMILES string of the molecule is Cc1ccc(NC(=O)C(C)Sc2ccc(NC(=O)c3ccccc3C)cc2)c(C)c1. The van der Waals surface area contributed by atoms with Crippen LogP contribution in [-0.4, -0.2) is 17.1 Å². The summed E-state index contributed by atoms with van der Waals surface area (Å²) in [6.45, 7) is 7.82. The van der Waals surface area contributed by atoms with Crippen LogP contribution in [-0.2, 0) is 4.79 Å². The maximum absolute atomic E-state index is 12.6. The molecule has 0 aliphatic heterocycles. The third-order valence-corrected chi connectivity index (χ3v) is 5.94. The highest BCUT2D eigenvalue weighted by atomic mass is 32.2. The summed E-state index contributed by atoms with van der Waals surface area (Å²) in [7, 11) is 0. The van der Waals surface area contributed by atoms with Crippen molar-refractivity contribution in [1.82, 2.24) is 0 Å². The van der Waals surface area contributed by atoms with E-state index in [1.807, 2.05) is 88.4 Å². The second-order valence-corrected chi connectivity index (χ2v) is 8.78. The minimum atomic E-state index is -0.252. The summed E-state index contributed by atoms with van der Waals surface area (Å²) < 4.78 is 0. The van der Waals surface area contributed by atoms with Crippen molar-refractivity contribution in [3.63, 3.8) is 0 Å². The molecular weight excluding hydrogens is 392 g/mol. The number of anilines is 2. The highest BCUT2D eigenvalue weighted by Gasteiger charge is 2.16. The molecule has 5 heteroatoms. The van der Waals surface area contributed by atoms with Gasteiger partial charge in [-0.2, -0.15) is 0 Å². The van der Waals surface area contributed by atoms with Gasteiger partial charge < -0.3 is 10.6 Å². The molecule has 3 aromatic carbocycles. The van der Waals surface area contributed by atoms with E-state index in [1.165, 1.54) is 17.3 Å². The Labute approximate surface area is 182 Å². The molecule has 0 fully saturated rings. The van der Waals surface area contributed by atoms with E-state index in [9.17, 15) is 9.59 Å². The van der Waals surface area contributed by atoms with Crippen molar-refractivity contribution in [2.75, 3.05) is 10.6 Å². The van der Waals surface area contributed by atoms with Gasteiger partial charge in [-0.15, -0.1) is 11.8 Å². The molecule has 3 rings (SSSR count). The van der Waals surface area contributed by atoms with Crippen LogP contribution in [0.15, 0.2) is 71.6 Å². The fraction of sp³-hybridized carbons (Fsp3) is 0.200. The van der Waals surface area contributed by atoms with Gasteiger partial charge in [-0.05, 0) is 75.2 Å². The summed E-state index contributed by atoms with van der Waals surface area (Å²) in [4.78, 5) is 26.0. The van der Waals surface area contributed by atoms with Gasteiger partial charge in [-0.25, -0.2) is 0 Å². The van der Waals surface area contributed by atoms with E-state index < -0.39 is 0 Å². The Morgan fingerprint density at radius 3 is 2.20 bits per heavy atom. The molecule has 0 spiro atoms. The van der Waals surface area contributed by atoms with E-state index in [1.54, 1.807) is 0 Å². The van der Waals surface area contributed by atoms with E-state index in [-0.39, 0.29) is 17.1 Å². The van der Waals surface area contributed by atoms with Gasteiger partial charge >= 0.3 is 0 Å². The molecule has 2 N–H and O–H groups in total. The van der Waals surface area contributed by atoms with Crippen molar-refractivity contribution in [2.45, 2.75) is 37.8 Å². The predicted molar refractivity (Wildman–Crippen MR) is 125 cm³/mol. The maximum Gasteiger partial charge on any atom is 0.255 e. The molecule has 0 saturated heterocycles. The van der Waals surface area contributed by atoms with Crippen LogP contribution in [0.2, 0.25) is 0 Å². The van der Waals surface area contributed by atoms with Crippen molar-refractivity contribution < 1.29 is 9.59 Å². The van der Waals surface area contributed by atoms with Gasteiger partial charge in [-0.3, -0.25) is 9.59 Å². The third-order valence-electron chi connectivity index (χ3n) is 4.82. The summed E-state index contributed by atoms with van der Waals surface area (Å²) in [5.41, 5.74) is 5.38.